The minimum Gasteiger partial charge on any atom is -0.507 e. The van der Waals surface area contributed by atoms with E-state index in [1.165, 1.54) is 24.3 Å². The molecule has 0 bridgehead atoms. The van der Waals surface area contributed by atoms with E-state index in [2.05, 4.69) is 0 Å². The van der Waals surface area contributed by atoms with Crippen LogP contribution in [0.25, 0.3) is 5.83 Å². The molecule has 1 aromatic rings. The third kappa shape index (κ3) is 5.75. The zero-order chi connectivity index (χ0) is 14.3. The summed E-state index contributed by atoms with van der Waals surface area (Å²) in [4.78, 5) is 10.3. The van der Waals surface area contributed by atoms with Gasteiger partial charge in [0.2, 0.25) is 0 Å². The van der Waals surface area contributed by atoms with Gasteiger partial charge in [-0.25, -0.2) is 4.39 Å². The van der Waals surface area contributed by atoms with Gasteiger partial charge in [-0.2, -0.15) is 0 Å². The maximum absolute atomic E-state index is 13.8. The van der Waals surface area contributed by atoms with Crippen LogP contribution in [0.2, 0.25) is 5.02 Å². The van der Waals surface area contributed by atoms with Gasteiger partial charge in [0.1, 0.15) is 11.6 Å². The van der Waals surface area contributed by atoms with Gasteiger partial charge in [0.25, 0.3) is 0 Å². The van der Waals surface area contributed by atoms with Crippen LogP contribution >= 0.6 is 11.6 Å². The number of halogens is 2. The second-order valence-corrected chi connectivity index (χ2v) is 4.64. The molecule has 0 spiro atoms. The van der Waals surface area contributed by atoms with Crippen molar-refractivity contribution in [3.05, 3.63) is 34.9 Å². The fraction of sp³-hybridized carbons (Fsp3) is 0.357. The maximum Gasteiger partial charge on any atom is 0.303 e. The van der Waals surface area contributed by atoms with E-state index in [4.69, 9.17) is 16.7 Å². The Bertz CT molecular complexity index is 472. The number of benzene rings is 1. The summed E-state index contributed by atoms with van der Waals surface area (Å²) in [5, 5.41) is 18.3. The molecule has 1 rings (SSSR count). The van der Waals surface area contributed by atoms with Crippen molar-refractivity contribution in [1.82, 2.24) is 0 Å². The predicted octanol–water partition coefficient (Wildman–Crippen LogP) is 4.39. The highest BCUT2D eigenvalue weighted by atomic mass is 35.5. The van der Waals surface area contributed by atoms with Gasteiger partial charge in [-0.15, -0.1) is 0 Å². The molecular formula is C14H16ClFO3. The van der Waals surface area contributed by atoms with Crippen molar-refractivity contribution < 1.29 is 19.4 Å². The van der Waals surface area contributed by atoms with E-state index in [1.54, 1.807) is 0 Å². The van der Waals surface area contributed by atoms with Gasteiger partial charge in [0, 0.05) is 11.4 Å². The normalized spacial score (nSPS) is 11.6. The monoisotopic (exact) mass is 286 g/mol. The molecule has 0 amide bonds. The molecule has 104 valence electrons. The minimum atomic E-state index is -0.814. The molecule has 0 unspecified atom stereocenters. The molecule has 0 radical (unpaired) electrons. The molecule has 0 atom stereocenters. The van der Waals surface area contributed by atoms with Gasteiger partial charge in [-0.05, 0) is 43.5 Å². The van der Waals surface area contributed by atoms with Gasteiger partial charge in [-0.1, -0.05) is 18.0 Å². The number of carbonyl (C=O) groups is 1. The van der Waals surface area contributed by atoms with E-state index in [1.807, 2.05) is 0 Å². The molecular weight excluding hydrogens is 271 g/mol. The fourth-order valence-electron chi connectivity index (χ4n) is 1.64. The molecule has 3 nitrogen and oxygen atoms in total. The van der Waals surface area contributed by atoms with Crippen molar-refractivity contribution in [2.75, 3.05) is 0 Å². The second kappa shape index (κ2) is 7.79. The third-order valence-corrected chi connectivity index (χ3v) is 2.87. The third-order valence-electron chi connectivity index (χ3n) is 2.63. The van der Waals surface area contributed by atoms with Crippen LogP contribution in [-0.4, -0.2) is 16.2 Å². The highest BCUT2D eigenvalue weighted by Gasteiger charge is 2.07. The van der Waals surface area contributed by atoms with Gasteiger partial charge >= 0.3 is 5.97 Å². The summed E-state index contributed by atoms with van der Waals surface area (Å²) in [5.74, 6) is -1.48. The topological polar surface area (TPSA) is 57.5 Å². The van der Waals surface area contributed by atoms with Crippen LogP contribution in [0.3, 0.4) is 0 Å². The van der Waals surface area contributed by atoms with Crippen molar-refractivity contribution in [2.45, 2.75) is 32.1 Å². The summed E-state index contributed by atoms with van der Waals surface area (Å²) in [6.45, 7) is 0. The van der Waals surface area contributed by atoms with E-state index in [-0.39, 0.29) is 17.7 Å². The number of carboxylic acid groups (broad SMARTS) is 1. The molecule has 2 N–H and O–H groups in total. The lowest BCUT2D eigenvalue weighted by atomic mass is 10.1. The maximum atomic E-state index is 13.8. The standard InChI is InChI=1S/C14H16ClFO3/c15-10-7-8-13(17)11(9-10)12(16)5-3-1-2-4-6-14(18)19/h5,7-9,17H,1-4,6H2,(H,18,19)/b12-5+. The number of carboxylic acids is 1. The molecule has 19 heavy (non-hydrogen) atoms. The molecule has 0 aliphatic rings. The number of phenols is 1. The molecule has 0 saturated heterocycles. The van der Waals surface area contributed by atoms with Crippen LogP contribution in [0.1, 0.15) is 37.7 Å². The Morgan fingerprint density at radius 1 is 1.32 bits per heavy atom. The summed E-state index contributed by atoms with van der Waals surface area (Å²) >= 11 is 5.73. The first kappa shape index (κ1) is 15.5. The molecule has 0 aromatic heterocycles. The molecule has 1 aromatic carbocycles. The summed E-state index contributed by atoms with van der Waals surface area (Å²) < 4.78 is 13.8. The number of aromatic hydroxyl groups is 1. The van der Waals surface area contributed by atoms with Crippen LogP contribution < -0.4 is 0 Å². The first-order valence-corrected chi connectivity index (χ1v) is 6.45. The Hall–Kier alpha value is -1.55. The number of allylic oxidation sites excluding steroid dienone is 1. The van der Waals surface area contributed by atoms with Crippen LogP contribution in [0.15, 0.2) is 24.3 Å². The molecule has 0 aliphatic heterocycles. The van der Waals surface area contributed by atoms with E-state index in [9.17, 15) is 14.3 Å². The van der Waals surface area contributed by atoms with E-state index in [0.29, 0.717) is 24.3 Å². The number of rotatable bonds is 7. The van der Waals surface area contributed by atoms with E-state index >= 15 is 0 Å². The van der Waals surface area contributed by atoms with E-state index < -0.39 is 11.8 Å². The smallest absolute Gasteiger partial charge is 0.303 e. The van der Waals surface area contributed by atoms with Crippen LogP contribution in [0.5, 0.6) is 5.75 Å². The fourth-order valence-corrected chi connectivity index (χ4v) is 1.81. The SMILES string of the molecule is O=C(O)CCCCC/C=C(/F)c1cc(Cl)ccc1O. The zero-order valence-electron chi connectivity index (χ0n) is 10.4. The molecule has 0 aliphatic carbocycles. The Labute approximate surface area is 116 Å². The molecule has 0 saturated carbocycles. The van der Waals surface area contributed by atoms with Crippen molar-refractivity contribution in [3.63, 3.8) is 0 Å². The first-order valence-electron chi connectivity index (χ1n) is 6.07. The summed E-state index contributed by atoms with van der Waals surface area (Å²) in [5.41, 5.74) is 0.0815. The zero-order valence-corrected chi connectivity index (χ0v) is 11.2. The number of unbranched alkanes of at least 4 members (excludes halogenated alkanes) is 3. The largest absolute Gasteiger partial charge is 0.507 e. The summed E-state index contributed by atoms with van der Waals surface area (Å²) in [7, 11) is 0. The van der Waals surface area contributed by atoms with Crippen LogP contribution in [0, 0.1) is 0 Å². The van der Waals surface area contributed by atoms with Gasteiger partial charge in [0.05, 0.1) is 5.56 Å². The van der Waals surface area contributed by atoms with Crippen molar-refractivity contribution >= 4 is 23.4 Å². The van der Waals surface area contributed by atoms with Crippen molar-refractivity contribution in [3.8, 4) is 5.75 Å². The Kier molecular flexibility index (Phi) is 6.36. The van der Waals surface area contributed by atoms with Crippen LogP contribution in [-0.2, 0) is 4.79 Å². The predicted molar refractivity (Wildman–Crippen MR) is 72.9 cm³/mol. The molecule has 0 heterocycles. The number of aliphatic carboxylic acids is 1. The average molecular weight is 287 g/mol. The lowest BCUT2D eigenvalue weighted by Crippen LogP contribution is -1.93. The van der Waals surface area contributed by atoms with Gasteiger partial charge in [-0.3, -0.25) is 4.79 Å². The number of hydrogen-bond acceptors (Lipinski definition) is 2. The number of phenolic OH excluding ortho intramolecular Hbond substituents is 1. The highest BCUT2D eigenvalue weighted by molar-refractivity contribution is 6.30. The van der Waals surface area contributed by atoms with Crippen molar-refractivity contribution in [2.24, 2.45) is 0 Å². The summed E-state index contributed by atoms with van der Waals surface area (Å²) in [6.07, 6.45) is 4.05. The lowest BCUT2D eigenvalue weighted by Gasteiger charge is -2.03. The highest BCUT2D eigenvalue weighted by Crippen LogP contribution is 2.29. The first-order chi connectivity index (χ1) is 9.00. The lowest BCUT2D eigenvalue weighted by molar-refractivity contribution is -0.137. The van der Waals surface area contributed by atoms with Gasteiger partial charge < -0.3 is 10.2 Å². The molecule has 0 fully saturated rings. The second-order valence-electron chi connectivity index (χ2n) is 4.21. The van der Waals surface area contributed by atoms with Gasteiger partial charge in [0.15, 0.2) is 0 Å². The summed E-state index contributed by atoms with van der Waals surface area (Å²) in [6, 6.07) is 4.20. The van der Waals surface area contributed by atoms with E-state index in [0.717, 1.165) is 6.42 Å². The molecule has 5 heteroatoms. The minimum absolute atomic E-state index is 0.0815. The Balaban J connectivity index is 2.44. The average Bonchev–Trinajstić information content (AvgIpc) is 2.36. The Morgan fingerprint density at radius 2 is 2.05 bits per heavy atom. The Morgan fingerprint density at radius 3 is 2.74 bits per heavy atom. The van der Waals surface area contributed by atoms with Crippen molar-refractivity contribution in [1.29, 1.82) is 0 Å². The number of hydrogen-bond donors (Lipinski definition) is 2. The van der Waals surface area contributed by atoms with Crippen LogP contribution in [0.4, 0.5) is 4.39 Å². The quantitative estimate of drug-likeness (QED) is 0.731.